The zero-order valence-electron chi connectivity index (χ0n) is 10.8. The van der Waals surface area contributed by atoms with E-state index in [2.05, 4.69) is 21.1 Å². The van der Waals surface area contributed by atoms with Crippen LogP contribution in [0, 0.1) is 11.7 Å². The zero-order chi connectivity index (χ0) is 14.9. The Balaban J connectivity index is 2.32. The Labute approximate surface area is 125 Å². The molecule has 0 radical (unpaired) electrons. The number of rotatable bonds is 2. The zero-order valence-corrected chi connectivity index (χ0v) is 13.2. The lowest BCUT2D eigenvalue weighted by atomic mass is 10.00. The lowest BCUT2D eigenvalue weighted by Crippen LogP contribution is -2.43. The first-order valence-electron chi connectivity index (χ1n) is 6.02. The van der Waals surface area contributed by atoms with Crippen LogP contribution >= 0.6 is 15.9 Å². The summed E-state index contributed by atoms with van der Waals surface area (Å²) in [5.41, 5.74) is 0.563. The Hall–Kier alpha value is -0.990. The maximum atomic E-state index is 13.8. The van der Waals surface area contributed by atoms with Crippen molar-refractivity contribution in [2.75, 3.05) is 13.1 Å². The first-order valence-corrected chi connectivity index (χ1v) is 8.25. The van der Waals surface area contributed by atoms with Crippen molar-refractivity contribution in [3.8, 4) is 0 Å². The van der Waals surface area contributed by atoms with E-state index in [1.807, 2.05) is 0 Å². The molecule has 1 atom stereocenters. The minimum Gasteiger partial charge on any atom is -0.411 e. The lowest BCUT2D eigenvalue weighted by molar-refractivity contribution is 0.300. The first-order chi connectivity index (χ1) is 9.36. The molecule has 2 rings (SSSR count). The molecule has 1 unspecified atom stereocenters. The molecule has 1 N–H and O–H groups in total. The average molecular weight is 365 g/mol. The van der Waals surface area contributed by atoms with E-state index in [1.165, 1.54) is 16.4 Å². The van der Waals surface area contributed by atoms with Crippen LogP contribution in [0.2, 0.25) is 0 Å². The van der Waals surface area contributed by atoms with Gasteiger partial charge in [0.25, 0.3) is 0 Å². The average Bonchev–Trinajstić information content (AvgIpc) is 2.38. The summed E-state index contributed by atoms with van der Waals surface area (Å²) in [6.07, 6.45) is 0.342. The summed E-state index contributed by atoms with van der Waals surface area (Å²) >= 11 is 3.09. The van der Waals surface area contributed by atoms with Crippen molar-refractivity contribution in [1.29, 1.82) is 0 Å². The molecule has 20 heavy (non-hydrogen) atoms. The largest absolute Gasteiger partial charge is 0.411 e. The maximum Gasteiger partial charge on any atom is 0.246 e. The summed E-state index contributed by atoms with van der Waals surface area (Å²) in [6, 6.07) is 3.86. The lowest BCUT2D eigenvalue weighted by Gasteiger charge is -2.30. The van der Waals surface area contributed by atoms with Crippen molar-refractivity contribution < 1.29 is 18.0 Å². The molecular weight excluding hydrogens is 351 g/mol. The molecule has 1 aliphatic rings. The summed E-state index contributed by atoms with van der Waals surface area (Å²) < 4.78 is 40.4. The minimum absolute atomic E-state index is 0.178. The van der Waals surface area contributed by atoms with E-state index in [4.69, 9.17) is 5.21 Å². The number of oxime groups is 1. The summed E-state index contributed by atoms with van der Waals surface area (Å²) in [4.78, 5) is -0.336. The van der Waals surface area contributed by atoms with Gasteiger partial charge < -0.3 is 5.21 Å². The highest BCUT2D eigenvalue weighted by Crippen LogP contribution is 2.26. The van der Waals surface area contributed by atoms with E-state index in [0.717, 1.165) is 6.07 Å². The monoisotopic (exact) mass is 364 g/mol. The van der Waals surface area contributed by atoms with Crippen LogP contribution in [0.4, 0.5) is 4.39 Å². The molecule has 0 amide bonds. The van der Waals surface area contributed by atoms with E-state index in [1.54, 1.807) is 6.92 Å². The number of sulfonamides is 1. The van der Waals surface area contributed by atoms with Gasteiger partial charge in [0.2, 0.25) is 10.0 Å². The Morgan fingerprint density at radius 2 is 2.20 bits per heavy atom. The standard InChI is InChI=1S/C12H14BrFN2O3S/c1-8-7-16(5-4-11(8)15-17)20(18,19)12-3-2-9(13)6-10(12)14/h2-3,6,8,17H,4-5,7H2,1H3/b15-11+. The molecule has 1 saturated heterocycles. The van der Waals surface area contributed by atoms with Crippen LogP contribution < -0.4 is 0 Å². The Kier molecular flexibility index (Phi) is 4.46. The van der Waals surface area contributed by atoms with E-state index in [9.17, 15) is 12.8 Å². The highest BCUT2D eigenvalue weighted by Gasteiger charge is 2.33. The fraction of sp³-hybridized carbons (Fsp3) is 0.417. The summed E-state index contributed by atoms with van der Waals surface area (Å²) in [6.45, 7) is 2.13. The molecular formula is C12H14BrFN2O3S. The molecule has 0 saturated carbocycles. The summed E-state index contributed by atoms with van der Waals surface area (Å²) in [5, 5.41) is 12.0. The molecule has 0 aromatic heterocycles. The molecule has 1 aliphatic heterocycles. The van der Waals surface area contributed by atoms with Crippen LogP contribution in [-0.4, -0.2) is 36.7 Å². The molecule has 1 fully saturated rings. The second kappa shape index (κ2) is 5.79. The van der Waals surface area contributed by atoms with Gasteiger partial charge in [0, 0.05) is 29.9 Å². The molecule has 0 spiro atoms. The molecule has 5 nitrogen and oxygen atoms in total. The summed E-state index contributed by atoms with van der Waals surface area (Å²) in [5.74, 6) is -0.976. The van der Waals surface area contributed by atoms with Crippen LogP contribution in [0.1, 0.15) is 13.3 Å². The van der Waals surface area contributed by atoms with Crippen LogP contribution in [0.25, 0.3) is 0 Å². The van der Waals surface area contributed by atoms with Crippen molar-refractivity contribution in [3.63, 3.8) is 0 Å². The van der Waals surface area contributed by atoms with Gasteiger partial charge in [-0.05, 0) is 18.2 Å². The SMILES string of the molecule is CC1CN(S(=O)(=O)c2ccc(Br)cc2F)CC/C1=N\O. The van der Waals surface area contributed by atoms with Gasteiger partial charge in [0.05, 0.1) is 5.71 Å². The number of halogens is 2. The molecule has 110 valence electrons. The topological polar surface area (TPSA) is 70.0 Å². The van der Waals surface area contributed by atoms with Crippen molar-refractivity contribution in [2.24, 2.45) is 11.1 Å². The Bertz CT molecular complexity index is 648. The number of nitrogens with zero attached hydrogens (tertiary/aromatic N) is 2. The van der Waals surface area contributed by atoms with Crippen molar-refractivity contribution in [2.45, 2.75) is 18.2 Å². The molecule has 1 heterocycles. The van der Waals surface area contributed by atoms with E-state index in [-0.39, 0.29) is 23.9 Å². The van der Waals surface area contributed by atoms with Gasteiger partial charge in [-0.2, -0.15) is 4.31 Å². The third-order valence-electron chi connectivity index (χ3n) is 3.30. The number of hydrogen-bond donors (Lipinski definition) is 1. The minimum atomic E-state index is -3.87. The van der Waals surface area contributed by atoms with Gasteiger partial charge in [0.1, 0.15) is 10.7 Å². The Morgan fingerprint density at radius 1 is 1.50 bits per heavy atom. The van der Waals surface area contributed by atoms with Gasteiger partial charge in [-0.3, -0.25) is 0 Å². The second-order valence-corrected chi connectivity index (χ2v) is 7.50. The normalized spacial score (nSPS) is 23.1. The van der Waals surface area contributed by atoms with Gasteiger partial charge in [-0.25, -0.2) is 12.8 Å². The number of piperidine rings is 1. The van der Waals surface area contributed by atoms with Gasteiger partial charge in [-0.15, -0.1) is 0 Å². The summed E-state index contributed by atoms with van der Waals surface area (Å²) in [7, 11) is -3.87. The maximum absolute atomic E-state index is 13.8. The third kappa shape index (κ3) is 2.87. The van der Waals surface area contributed by atoms with Crippen LogP contribution in [0.5, 0.6) is 0 Å². The first kappa shape index (κ1) is 15.4. The van der Waals surface area contributed by atoms with Gasteiger partial charge in [-0.1, -0.05) is 28.0 Å². The molecule has 1 aromatic rings. The highest BCUT2D eigenvalue weighted by atomic mass is 79.9. The fourth-order valence-electron chi connectivity index (χ4n) is 2.18. The van der Waals surface area contributed by atoms with Crippen LogP contribution in [0.3, 0.4) is 0 Å². The predicted molar refractivity (Wildman–Crippen MR) is 75.9 cm³/mol. The predicted octanol–water partition coefficient (Wildman–Crippen LogP) is 2.45. The Morgan fingerprint density at radius 3 is 2.75 bits per heavy atom. The number of benzene rings is 1. The van der Waals surface area contributed by atoms with Gasteiger partial charge >= 0.3 is 0 Å². The van der Waals surface area contributed by atoms with Crippen LogP contribution in [0.15, 0.2) is 32.7 Å². The number of hydrogen-bond acceptors (Lipinski definition) is 4. The molecule has 8 heteroatoms. The van der Waals surface area contributed by atoms with Crippen molar-refractivity contribution >= 4 is 31.7 Å². The smallest absolute Gasteiger partial charge is 0.246 e. The quantitative estimate of drug-likeness (QED) is 0.647. The van der Waals surface area contributed by atoms with Crippen molar-refractivity contribution in [3.05, 3.63) is 28.5 Å². The second-order valence-electron chi connectivity index (χ2n) is 4.68. The molecule has 0 bridgehead atoms. The van der Waals surface area contributed by atoms with E-state index in [0.29, 0.717) is 16.6 Å². The molecule has 1 aromatic carbocycles. The van der Waals surface area contributed by atoms with E-state index >= 15 is 0 Å². The van der Waals surface area contributed by atoms with Crippen LogP contribution in [-0.2, 0) is 10.0 Å². The van der Waals surface area contributed by atoms with Crippen molar-refractivity contribution in [1.82, 2.24) is 4.31 Å². The third-order valence-corrected chi connectivity index (χ3v) is 5.70. The molecule has 0 aliphatic carbocycles. The van der Waals surface area contributed by atoms with Gasteiger partial charge in [0.15, 0.2) is 0 Å². The van der Waals surface area contributed by atoms with E-state index < -0.39 is 15.8 Å². The highest BCUT2D eigenvalue weighted by molar-refractivity contribution is 9.10. The fourth-order valence-corrected chi connectivity index (χ4v) is 4.09.